The van der Waals surface area contributed by atoms with Crippen molar-refractivity contribution in [3.63, 3.8) is 0 Å². The first kappa shape index (κ1) is 39.2. The maximum atomic E-state index is 15.9. The van der Waals surface area contributed by atoms with Crippen LogP contribution in [0.5, 0.6) is 5.75 Å². The number of methoxy groups -OCH3 is 1. The number of hydrogen-bond donors (Lipinski definition) is 2. The highest BCUT2D eigenvalue weighted by Gasteiger charge is 2.46. The second-order valence-corrected chi connectivity index (χ2v) is 15.5. The number of fused-ring (bicyclic) bond motifs is 2. The van der Waals surface area contributed by atoms with Crippen molar-refractivity contribution in [1.29, 1.82) is 0 Å². The van der Waals surface area contributed by atoms with E-state index in [0.717, 1.165) is 37.8 Å². The lowest BCUT2D eigenvalue weighted by atomic mass is 9.83. The fraction of sp³-hybridized carbons (Fsp3) is 0.450. The quantitative estimate of drug-likeness (QED) is 0.139. The van der Waals surface area contributed by atoms with Crippen LogP contribution in [-0.4, -0.2) is 79.2 Å². The van der Waals surface area contributed by atoms with Gasteiger partial charge in [0.1, 0.15) is 23.2 Å². The van der Waals surface area contributed by atoms with Crippen LogP contribution in [0.3, 0.4) is 0 Å². The molecule has 18 heteroatoms. The summed E-state index contributed by atoms with van der Waals surface area (Å²) in [7, 11) is 2.95. The van der Waals surface area contributed by atoms with Crippen LogP contribution in [0.1, 0.15) is 84.7 Å². The van der Waals surface area contributed by atoms with Crippen molar-refractivity contribution in [3.8, 4) is 5.75 Å². The van der Waals surface area contributed by atoms with Crippen molar-refractivity contribution in [1.82, 2.24) is 34.1 Å². The van der Waals surface area contributed by atoms with Crippen LogP contribution in [0.2, 0.25) is 0 Å². The molecule has 3 fully saturated rings. The highest BCUT2D eigenvalue weighted by Crippen LogP contribution is 2.43. The van der Waals surface area contributed by atoms with Gasteiger partial charge in [-0.1, -0.05) is 12.1 Å². The Bertz CT molecular complexity index is 2480. The third kappa shape index (κ3) is 7.44. The zero-order valence-electron chi connectivity index (χ0n) is 31.7. The number of carbonyl (C=O) groups excluding carboxylic acids is 3. The molecule has 1 saturated carbocycles. The minimum Gasteiger partial charge on any atom is -0.494 e. The predicted octanol–water partition coefficient (Wildman–Crippen LogP) is 6.20. The molecule has 2 unspecified atom stereocenters. The van der Waals surface area contributed by atoms with Gasteiger partial charge in [0.2, 0.25) is 11.8 Å². The molecule has 3 amide bonds. The summed E-state index contributed by atoms with van der Waals surface area (Å²) in [5.41, 5.74) is 0.158. The number of aromatic nitrogens is 5. The number of pyridine rings is 1. The largest absolute Gasteiger partial charge is 0.494 e. The fourth-order valence-corrected chi connectivity index (χ4v) is 8.79. The molecule has 5 heterocycles. The van der Waals surface area contributed by atoms with E-state index in [9.17, 15) is 32.3 Å². The van der Waals surface area contributed by atoms with E-state index >= 15 is 8.78 Å². The molecule has 2 atom stereocenters. The first-order chi connectivity index (χ1) is 27.6. The van der Waals surface area contributed by atoms with E-state index in [-0.39, 0.29) is 49.2 Å². The lowest BCUT2D eigenvalue weighted by molar-refractivity contribution is -0.141. The maximum absolute atomic E-state index is 15.9. The van der Waals surface area contributed by atoms with E-state index in [2.05, 4.69) is 15.6 Å². The molecule has 2 aromatic carbocycles. The number of rotatable bonds is 8. The second-order valence-electron chi connectivity index (χ2n) is 15.5. The molecule has 0 radical (unpaired) electrons. The van der Waals surface area contributed by atoms with Gasteiger partial charge in [-0.25, -0.2) is 18.6 Å². The van der Waals surface area contributed by atoms with Gasteiger partial charge in [0, 0.05) is 37.7 Å². The number of carbonyl (C=O) groups is 3. The van der Waals surface area contributed by atoms with Crippen molar-refractivity contribution < 1.29 is 41.1 Å². The number of nitrogens with zero attached hydrogens (tertiary/aromatic N) is 6. The third-order valence-corrected chi connectivity index (χ3v) is 11.8. The summed E-state index contributed by atoms with van der Waals surface area (Å²) in [5.74, 6) is -5.35. The van der Waals surface area contributed by atoms with Crippen molar-refractivity contribution in [2.45, 2.75) is 75.0 Å². The summed E-state index contributed by atoms with van der Waals surface area (Å²) in [4.78, 5) is 55.6. The van der Waals surface area contributed by atoms with E-state index in [0.29, 0.717) is 40.6 Å². The van der Waals surface area contributed by atoms with E-state index in [1.807, 2.05) is 15.8 Å². The van der Waals surface area contributed by atoms with Crippen LogP contribution in [-0.2, 0) is 22.8 Å². The molecule has 1 aliphatic carbocycles. The molecule has 2 N–H and O–H groups in total. The highest BCUT2D eigenvalue weighted by molar-refractivity contribution is 6.05. The average Bonchev–Trinajstić information content (AvgIpc) is 3.71. The Balaban J connectivity index is 0.889. The number of nitrogens with one attached hydrogen (secondary N) is 2. The standard InChI is InChI=1S/C40H41F5N8O5/c1-50-32-17-23(8-11-30(32)53(38(50)57)31-12-13-35(54)48-37(31)56)26-14-15-51(21-39(26,41)42)19-22-6-9-25(10-7-22)52-20-24-16-29(33(58-2)18-28(24)49-52)47-36(55)27-4-3-5-34(46-27)40(43,44)45/h3-5,8,11,16-18,20,22,25-26,31H,6-7,9-10,12-15,19,21H2,1-2H3,(H,47,55)(H,48,54,56). The van der Waals surface area contributed by atoms with Crippen molar-refractivity contribution >= 4 is 45.3 Å². The molecular weight excluding hydrogens is 767 g/mol. The average molecular weight is 809 g/mol. The molecule has 2 aliphatic heterocycles. The molecule has 5 aromatic rings. The van der Waals surface area contributed by atoms with Gasteiger partial charge in [-0.2, -0.15) is 18.3 Å². The topological polar surface area (TPSA) is 145 Å². The summed E-state index contributed by atoms with van der Waals surface area (Å²) in [5, 5.41) is 10.3. The Labute approximate surface area is 328 Å². The van der Waals surface area contributed by atoms with Gasteiger partial charge in [0.15, 0.2) is 0 Å². The number of benzene rings is 2. The van der Waals surface area contributed by atoms with Gasteiger partial charge in [-0.15, -0.1) is 0 Å². The number of aryl methyl sites for hydroxylation is 1. The molecule has 2 saturated heterocycles. The molecule has 3 aromatic heterocycles. The number of piperidine rings is 2. The monoisotopic (exact) mass is 808 g/mol. The van der Waals surface area contributed by atoms with E-state index in [1.165, 1.54) is 22.3 Å². The van der Waals surface area contributed by atoms with Gasteiger partial charge in [-0.05, 0) is 86.9 Å². The Hall–Kier alpha value is -5.65. The lowest BCUT2D eigenvalue weighted by Gasteiger charge is -2.41. The van der Waals surface area contributed by atoms with Gasteiger partial charge in [0.25, 0.3) is 11.8 Å². The van der Waals surface area contributed by atoms with E-state index in [1.54, 1.807) is 37.4 Å². The normalized spacial score (nSPS) is 22.9. The third-order valence-electron chi connectivity index (χ3n) is 11.8. The maximum Gasteiger partial charge on any atom is 0.433 e. The van der Waals surface area contributed by atoms with Crippen LogP contribution >= 0.6 is 0 Å². The van der Waals surface area contributed by atoms with Crippen LogP contribution in [0.4, 0.5) is 27.6 Å². The molecule has 0 spiro atoms. The Kier molecular flexibility index (Phi) is 10.1. The van der Waals surface area contributed by atoms with E-state index in [4.69, 9.17) is 9.84 Å². The van der Waals surface area contributed by atoms with Gasteiger partial charge < -0.3 is 10.1 Å². The van der Waals surface area contributed by atoms with Crippen LogP contribution in [0.15, 0.2) is 59.5 Å². The minimum atomic E-state index is -4.70. The second kappa shape index (κ2) is 14.9. The molecule has 13 nitrogen and oxygen atoms in total. The van der Waals surface area contributed by atoms with Gasteiger partial charge in [0.05, 0.1) is 47.9 Å². The summed E-state index contributed by atoms with van der Waals surface area (Å²) < 4.78 is 81.3. The fourth-order valence-electron chi connectivity index (χ4n) is 8.79. The first-order valence-electron chi connectivity index (χ1n) is 19.2. The molecule has 8 rings (SSSR count). The zero-order valence-corrected chi connectivity index (χ0v) is 31.7. The summed E-state index contributed by atoms with van der Waals surface area (Å²) in [6, 6.07) is 10.5. The number of halogens is 5. The Morgan fingerprint density at radius 3 is 2.48 bits per heavy atom. The first-order valence-corrected chi connectivity index (χ1v) is 19.2. The predicted molar refractivity (Wildman–Crippen MR) is 202 cm³/mol. The number of amides is 3. The van der Waals surface area contributed by atoms with Crippen molar-refractivity contribution in [3.05, 3.63) is 82.2 Å². The Morgan fingerprint density at radius 1 is 1.00 bits per heavy atom. The van der Waals surface area contributed by atoms with Crippen LogP contribution in [0, 0.1) is 5.92 Å². The molecule has 3 aliphatic rings. The number of likely N-dealkylation sites (tertiary alicyclic amines) is 1. The van der Waals surface area contributed by atoms with Gasteiger partial charge in [-0.3, -0.25) is 38.4 Å². The number of imidazole rings is 1. The molecule has 58 heavy (non-hydrogen) atoms. The Morgan fingerprint density at radius 2 is 1.78 bits per heavy atom. The zero-order chi connectivity index (χ0) is 41.1. The van der Waals surface area contributed by atoms with Crippen molar-refractivity contribution in [2.75, 3.05) is 32.1 Å². The van der Waals surface area contributed by atoms with Crippen LogP contribution in [0.25, 0.3) is 21.9 Å². The van der Waals surface area contributed by atoms with Crippen LogP contribution < -0.4 is 21.1 Å². The van der Waals surface area contributed by atoms with E-state index < -0.39 is 58.9 Å². The smallest absolute Gasteiger partial charge is 0.433 e. The SMILES string of the molecule is COc1cc2nn(C3CCC(CN4CCC(c5ccc6c(c5)n(C)c(=O)n6C5CCC(=O)NC5=O)C(F)(F)C4)CC3)cc2cc1NC(=O)c1cccc(C(F)(F)F)n1. The summed E-state index contributed by atoms with van der Waals surface area (Å²) in [6.07, 6.45) is 0.862. The van der Waals surface area contributed by atoms with Gasteiger partial charge >= 0.3 is 11.9 Å². The van der Waals surface area contributed by atoms with Crippen molar-refractivity contribution in [2.24, 2.45) is 13.0 Å². The summed E-state index contributed by atoms with van der Waals surface area (Å²) in [6.45, 7) is 0.643. The molecule has 306 valence electrons. The molecule has 0 bridgehead atoms. The number of anilines is 1. The molecular formula is C40H41F5N8O5. The highest BCUT2D eigenvalue weighted by atomic mass is 19.4. The number of hydrogen-bond acceptors (Lipinski definition) is 8. The summed E-state index contributed by atoms with van der Waals surface area (Å²) >= 11 is 0. The number of alkyl halides is 5. The number of imide groups is 1. The minimum absolute atomic E-state index is 0.0601. The number of ether oxygens (including phenoxy) is 1. The lowest BCUT2D eigenvalue weighted by Crippen LogP contribution is -2.49.